The van der Waals surface area contributed by atoms with Crippen molar-refractivity contribution >= 4 is 39.4 Å². The molecule has 2 unspecified atom stereocenters. The van der Waals surface area contributed by atoms with E-state index in [-0.39, 0.29) is 17.9 Å². The molecule has 38 heavy (non-hydrogen) atoms. The molecule has 0 heterocycles. The molecule has 0 aliphatic rings. The molecule has 0 rings (SSSR count). The molecule has 0 saturated carbocycles. The third-order valence-electron chi connectivity index (χ3n) is 6.73. The predicted molar refractivity (Wildman–Crippen MR) is 163 cm³/mol. The van der Waals surface area contributed by atoms with E-state index in [2.05, 4.69) is 17.6 Å². The van der Waals surface area contributed by atoms with Gasteiger partial charge in [-0.1, -0.05) is 118 Å². The molecule has 0 aromatic heterocycles. The Labute approximate surface area is 240 Å². The summed E-state index contributed by atoms with van der Waals surface area (Å²) in [6.07, 6.45) is 21.0. The summed E-state index contributed by atoms with van der Waals surface area (Å²) >= 11 is 0. The van der Waals surface area contributed by atoms with Crippen molar-refractivity contribution in [3.63, 3.8) is 0 Å². The van der Waals surface area contributed by atoms with Crippen molar-refractivity contribution in [3.8, 4) is 0 Å². The van der Waals surface area contributed by atoms with Crippen LogP contribution in [0.15, 0.2) is 0 Å². The van der Waals surface area contributed by atoms with Crippen LogP contribution in [0.1, 0.15) is 122 Å². The Hall–Kier alpha value is -0.930. The first-order valence-corrected chi connectivity index (χ1v) is 17.4. The van der Waals surface area contributed by atoms with Gasteiger partial charge in [0.15, 0.2) is 0 Å². The normalized spacial score (nSPS) is 12.6. The maximum absolute atomic E-state index is 12.4. The van der Waals surface area contributed by atoms with Crippen molar-refractivity contribution in [1.29, 1.82) is 0 Å². The smallest absolute Gasteiger partial charge is 0.328 e. The fourth-order valence-corrected chi connectivity index (χ4v) is 6.47. The Morgan fingerprint density at radius 1 is 0.632 bits per heavy atom. The van der Waals surface area contributed by atoms with Gasteiger partial charge < -0.3 is 20.1 Å². The van der Waals surface area contributed by atoms with Crippen LogP contribution in [0, 0.1) is 0 Å². The summed E-state index contributed by atoms with van der Waals surface area (Å²) in [5.74, 6) is 0.732. The number of hydrogen-bond acceptors (Lipinski definition) is 8. The minimum Gasteiger partial charge on any atom is -0.468 e. The summed E-state index contributed by atoms with van der Waals surface area (Å²) in [6, 6.07) is -0.924. The van der Waals surface area contributed by atoms with Crippen LogP contribution in [0.3, 0.4) is 0 Å². The van der Waals surface area contributed by atoms with E-state index in [9.17, 15) is 14.4 Å². The SMILES string of the molecule is CCCCCCCCCCCCCCCCCC(=O)NC(CCSSCCC(NC)C(=O)OC)C(=O)OC. The minimum atomic E-state index is -0.614. The molecule has 0 aliphatic carbocycles. The van der Waals surface area contributed by atoms with Crippen LogP contribution in [0.25, 0.3) is 0 Å². The topological polar surface area (TPSA) is 93.7 Å². The molecule has 0 aromatic carbocycles. The first kappa shape index (κ1) is 37.1. The molecule has 0 fully saturated rings. The molecule has 0 spiro atoms. The molecule has 1 amide bonds. The molecule has 0 bridgehead atoms. The highest BCUT2D eigenvalue weighted by molar-refractivity contribution is 8.76. The van der Waals surface area contributed by atoms with E-state index >= 15 is 0 Å². The van der Waals surface area contributed by atoms with Crippen molar-refractivity contribution in [2.45, 2.75) is 135 Å². The number of carbonyl (C=O) groups is 3. The average Bonchev–Trinajstić information content (AvgIpc) is 2.93. The first-order chi connectivity index (χ1) is 18.5. The Bertz CT molecular complexity index is 595. The van der Waals surface area contributed by atoms with Gasteiger partial charge in [0.05, 0.1) is 14.2 Å². The van der Waals surface area contributed by atoms with Crippen molar-refractivity contribution in [3.05, 3.63) is 0 Å². The van der Waals surface area contributed by atoms with Gasteiger partial charge in [-0.25, -0.2) is 4.79 Å². The summed E-state index contributed by atoms with van der Waals surface area (Å²) in [7, 11) is 7.74. The van der Waals surface area contributed by atoms with E-state index < -0.39 is 12.0 Å². The highest BCUT2D eigenvalue weighted by atomic mass is 33.1. The number of ether oxygens (including phenoxy) is 2. The first-order valence-electron chi connectivity index (χ1n) is 14.9. The number of nitrogens with one attached hydrogen (secondary N) is 2. The van der Waals surface area contributed by atoms with Crippen molar-refractivity contribution in [1.82, 2.24) is 10.6 Å². The summed E-state index contributed by atoms with van der Waals surface area (Å²) in [5, 5.41) is 5.80. The second kappa shape index (κ2) is 27.6. The quantitative estimate of drug-likeness (QED) is 0.0624. The molecule has 0 radical (unpaired) electrons. The van der Waals surface area contributed by atoms with Crippen LogP contribution in [-0.4, -0.2) is 62.7 Å². The Balaban J connectivity index is 3.79. The lowest BCUT2D eigenvalue weighted by Gasteiger charge is -2.16. The summed E-state index contributed by atoms with van der Waals surface area (Å²) in [6.45, 7) is 2.27. The lowest BCUT2D eigenvalue weighted by atomic mass is 10.0. The van der Waals surface area contributed by atoms with E-state index in [4.69, 9.17) is 9.47 Å². The van der Waals surface area contributed by atoms with Gasteiger partial charge >= 0.3 is 11.9 Å². The van der Waals surface area contributed by atoms with Crippen molar-refractivity contribution < 1.29 is 23.9 Å². The lowest BCUT2D eigenvalue weighted by Crippen LogP contribution is -2.41. The van der Waals surface area contributed by atoms with E-state index in [0.717, 1.165) is 18.6 Å². The van der Waals surface area contributed by atoms with Gasteiger partial charge in [-0.3, -0.25) is 9.59 Å². The van der Waals surface area contributed by atoms with Crippen LogP contribution in [0.4, 0.5) is 0 Å². The van der Waals surface area contributed by atoms with Crippen molar-refractivity contribution in [2.75, 3.05) is 32.8 Å². The fourth-order valence-electron chi connectivity index (χ4n) is 4.29. The van der Waals surface area contributed by atoms with Gasteiger partial charge in [0.1, 0.15) is 12.1 Å². The number of esters is 2. The average molecular weight is 577 g/mol. The van der Waals surface area contributed by atoms with Gasteiger partial charge in [-0.2, -0.15) is 0 Å². The summed E-state index contributed by atoms with van der Waals surface area (Å²) < 4.78 is 9.64. The van der Waals surface area contributed by atoms with Gasteiger partial charge in [0, 0.05) is 17.9 Å². The highest BCUT2D eigenvalue weighted by Crippen LogP contribution is 2.24. The molecular formula is C29H56N2O5S2. The molecule has 224 valence electrons. The van der Waals surface area contributed by atoms with Crippen LogP contribution < -0.4 is 10.6 Å². The zero-order valence-electron chi connectivity index (χ0n) is 24.7. The van der Waals surface area contributed by atoms with E-state index in [1.165, 1.54) is 97.7 Å². The zero-order chi connectivity index (χ0) is 28.3. The van der Waals surface area contributed by atoms with Crippen LogP contribution >= 0.6 is 21.6 Å². The molecule has 7 nitrogen and oxygen atoms in total. The summed E-state index contributed by atoms with van der Waals surface area (Å²) in [5.41, 5.74) is 0. The summed E-state index contributed by atoms with van der Waals surface area (Å²) in [4.78, 5) is 36.1. The van der Waals surface area contributed by atoms with Gasteiger partial charge in [-0.15, -0.1) is 0 Å². The van der Waals surface area contributed by atoms with Gasteiger partial charge in [0.25, 0.3) is 0 Å². The monoisotopic (exact) mass is 576 g/mol. The number of likely N-dealkylation sites (N-methyl/N-ethyl adjacent to an activating group) is 1. The second-order valence-electron chi connectivity index (χ2n) is 9.93. The molecule has 2 atom stereocenters. The number of amides is 1. The van der Waals surface area contributed by atoms with E-state index in [1.54, 1.807) is 28.6 Å². The number of hydrogen-bond donors (Lipinski definition) is 2. The Morgan fingerprint density at radius 3 is 1.45 bits per heavy atom. The van der Waals surface area contributed by atoms with Crippen molar-refractivity contribution in [2.24, 2.45) is 0 Å². The molecule has 0 aromatic rings. The van der Waals surface area contributed by atoms with Gasteiger partial charge in [0.2, 0.25) is 5.91 Å². The van der Waals surface area contributed by atoms with Crippen LogP contribution in [0.5, 0.6) is 0 Å². The number of unbranched alkanes of at least 4 members (excludes halogenated alkanes) is 14. The largest absolute Gasteiger partial charge is 0.468 e. The lowest BCUT2D eigenvalue weighted by molar-refractivity contribution is -0.145. The second-order valence-corrected chi connectivity index (χ2v) is 12.6. The highest BCUT2D eigenvalue weighted by Gasteiger charge is 2.21. The maximum atomic E-state index is 12.4. The fraction of sp³-hybridized carbons (Fsp3) is 0.897. The minimum absolute atomic E-state index is 0.0808. The van der Waals surface area contributed by atoms with Crippen LogP contribution in [-0.2, 0) is 23.9 Å². The number of rotatable bonds is 27. The number of methoxy groups -OCH3 is 2. The Kier molecular flexibility index (Phi) is 27.0. The van der Waals surface area contributed by atoms with Gasteiger partial charge in [-0.05, 0) is 26.3 Å². The maximum Gasteiger partial charge on any atom is 0.328 e. The number of carbonyl (C=O) groups excluding carboxylic acids is 3. The molecule has 2 N–H and O–H groups in total. The third kappa shape index (κ3) is 21.9. The predicted octanol–water partition coefficient (Wildman–Crippen LogP) is 6.83. The molecule has 0 aliphatic heterocycles. The Morgan fingerprint density at radius 2 is 1.03 bits per heavy atom. The zero-order valence-corrected chi connectivity index (χ0v) is 26.3. The molecule has 0 saturated heterocycles. The molecule has 9 heteroatoms. The van der Waals surface area contributed by atoms with E-state index in [1.807, 2.05) is 0 Å². The standard InChI is InChI=1S/C29H56N2O5S2/c1-5-6-7-8-9-10-11-12-13-14-15-16-17-18-19-20-27(32)31-26(29(34)36-4)22-24-38-37-23-21-25(30-2)28(33)35-3/h25-26,30H,5-24H2,1-4H3,(H,31,32). The third-order valence-corrected chi connectivity index (χ3v) is 9.20. The van der Waals surface area contributed by atoms with Crippen LogP contribution in [0.2, 0.25) is 0 Å². The van der Waals surface area contributed by atoms with E-state index in [0.29, 0.717) is 25.0 Å². The molecular weight excluding hydrogens is 520 g/mol.